The average Bonchev–Trinajstić information content (AvgIpc) is 2.69. The fourth-order valence-electron chi connectivity index (χ4n) is 3.99. The van der Waals surface area contributed by atoms with Gasteiger partial charge in [-0.05, 0) is 47.6 Å². The molecular weight excluding hydrogens is 382 g/mol. The third-order valence-corrected chi connectivity index (χ3v) is 6.12. The van der Waals surface area contributed by atoms with Crippen LogP contribution in [0.25, 0.3) is 0 Å². The highest BCUT2D eigenvalue weighted by atomic mass is 79.9. The molecule has 1 atom stereocenters. The van der Waals surface area contributed by atoms with E-state index in [0.717, 1.165) is 19.5 Å². The van der Waals surface area contributed by atoms with E-state index < -0.39 is 0 Å². The van der Waals surface area contributed by atoms with Crippen molar-refractivity contribution in [1.29, 1.82) is 0 Å². The van der Waals surface area contributed by atoms with Gasteiger partial charge >= 0.3 is 0 Å². The molecule has 26 heavy (non-hydrogen) atoms. The predicted octanol–water partition coefficient (Wildman–Crippen LogP) is 6.01. The quantitative estimate of drug-likeness (QED) is 0.502. The summed E-state index contributed by atoms with van der Waals surface area (Å²) in [5.74, 6) is 0. The topological polar surface area (TPSA) is 3.24 Å². The van der Waals surface area contributed by atoms with Gasteiger partial charge in [-0.25, -0.2) is 0 Å². The number of hydrogen-bond acceptors (Lipinski definition) is 1. The molecule has 0 aliphatic heterocycles. The van der Waals surface area contributed by atoms with Gasteiger partial charge in [0.2, 0.25) is 0 Å². The third kappa shape index (κ3) is 4.08. The Bertz CT molecular complexity index is 803. The Kier molecular flexibility index (Phi) is 5.52. The lowest BCUT2D eigenvalue weighted by Gasteiger charge is -2.36. The van der Waals surface area contributed by atoms with Crippen LogP contribution in [0.5, 0.6) is 0 Å². The van der Waals surface area contributed by atoms with E-state index in [4.69, 9.17) is 0 Å². The zero-order chi connectivity index (χ0) is 17.8. The largest absolute Gasteiger partial charge is 0.292 e. The van der Waals surface area contributed by atoms with Crippen molar-refractivity contribution >= 4 is 15.9 Å². The predicted molar refractivity (Wildman–Crippen MR) is 112 cm³/mol. The number of nitrogens with zero attached hydrogens (tertiary/aromatic N) is 1. The lowest BCUT2D eigenvalue weighted by molar-refractivity contribution is 0.162. The highest BCUT2D eigenvalue weighted by molar-refractivity contribution is 9.10. The van der Waals surface area contributed by atoms with E-state index in [1.54, 1.807) is 0 Å². The Balaban J connectivity index is 1.59. The summed E-state index contributed by atoms with van der Waals surface area (Å²) in [5.41, 5.74) is 5.78. The van der Waals surface area contributed by atoms with Crippen LogP contribution >= 0.6 is 15.9 Å². The second-order valence-electron chi connectivity index (χ2n) is 7.15. The van der Waals surface area contributed by atoms with E-state index >= 15 is 0 Å². The molecular formula is C24H24BrN. The van der Waals surface area contributed by atoms with Gasteiger partial charge in [0.25, 0.3) is 0 Å². The molecule has 132 valence electrons. The van der Waals surface area contributed by atoms with Gasteiger partial charge in [-0.2, -0.15) is 0 Å². The average molecular weight is 406 g/mol. The second kappa shape index (κ2) is 8.20. The molecule has 0 aromatic heterocycles. The number of fused-ring (bicyclic) bond motifs is 1. The molecule has 2 heteroatoms. The maximum Gasteiger partial charge on any atom is 0.0240 e. The standard InChI is InChI=1S/C24H24BrN/c25-24-13-7-12-21-14-15-22(16-23(21)24)26(17-19-8-3-1-4-9-19)18-20-10-5-2-6-11-20/h1-13,22H,14-18H2. The van der Waals surface area contributed by atoms with Gasteiger partial charge in [0, 0.05) is 23.6 Å². The van der Waals surface area contributed by atoms with Crippen molar-refractivity contribution in [2.45, 2.75) is 38.4 Å². The van der Waals surface area contributed by atoms with Gasteiger partial charge in [0.05, 0.1) is 0 Å². The monoisotopic (exact) mass is 405 g/mol. The summed E-state index contributed by atoms with van der Waals surface area (Å²) in [6, 6.07) is 28.9. The first-order valence-electron chi connectivity index (χ1n) is 9.38. The summed E-state index contributed by atoms with van der Waals surface area (Å²) in [7, 11) is 0. The first-order chi connectivity index (χ1) is 12.8. The van der Waals surface area contributed by atoms with Crippen LogP contribution in [0.15, 0.2) is 83.3 Å². The van der Waals surface area contributed by atoms with Crippen molar-refractivity contribution in [3.63, 3.8) is 0 Å². The molecule has 0 saturated carbocycles. The van der Waals surface area contributed by atoms with Gasteiger partial charge in [0.15, 0.2) is 0 Å². The number of halogens is 1. The summed E-state index contributed by atoms with van der Waals surface area (Å²) in [6.07, 6.45) is 3.51. The lowest BCUT2D eigenvalue weighted by atomic mass is 9.87. The van der Waals surface area contributed by atoms with Gasteiger partial charge in [0.1, 0.15) is 0 Å². The van der Waals surface area contributed by atoms with Crippen molar-refractivity contribution < 1.29 is 0 Å². The minimum atomic E-state index is 0.571. The molecule has 0 bridgehead atoms. The SMILES string of the molecule is Brc1cccc2c1CC(N(Cc1ccccc1)Cc1ccccc1)CC2. The molecule has 0 radical (unpaired) electrons. The first-order valence-corrected chi connectivity index (χ1v) is 10.2. The Morgan fingerprint density at radius 1 is 0.769 bits per heavy atom. The Labute approximate surface area is 164 Å². The molecule has 1 aliphatic carbocycles. The highest BCUT2D eigenvalue weighted by Crippen LogP contribution is 2.31. The smallest absolute Gasteiger partial charge is 0.0240 e. The number of benzene rings is 3. The van der Waals surface area contributed by atoms with E-state index in [2.05, 4.69) is 99.7 Å². The van der Waals surface area contributed by atoms with Gasteiger partial charge in [-0.1, -0.05) is 88.7 Å². The van der Waals surface area contributed by atoms with Gasteiger partial charge in [-0.15, -0.1) is 0 Å². The molecule has 0 amide bonds. The van der Waals surface area contributed by atoms with Crippen molar-refractivity contribution in [2.24, 2.45) is 0 Å². The second-order valence-corrected chi connectivity index (χ2v) is 8.00. The first kappa shape index (κ1) is 17.5. The normalized spacial score (nSPS) is 16.5. The third-order valence-electron chi connectivity index (χ3n) is 5.38. The number of hydrogen-bond donors (Lipinski definition) is 0. The molecule has 3 aromatic rings. The van der Waals surface area contributed by atoms with E-state index in [0.29, 0.717) is 6.04 Å². The van der Waals surface area contributed by atoms with Crippen LogP contribution in [0, 0.1) is 0 Å². The van der Waals surface area contributed by atoms with Crippen molar-refractivity contribution in [2.75, 3.05) is 0 Å². The van der Waals surface area contributed by atoms with Crippen LogP contribution in [-0.4, -0.2) is 10.9 Å². The maximum absolute atomic E-state index is 3.77. The maximum atomic E-state index is 3.77. The van der Waals surface area contributed by atoms with E-state index in [-0.39, 0.29) is 0 Å². The minimum absolute atomic E-state index is 0.571. The molecule has 1 aliphatic rings. The van der Waals surface area contributed by atoms with Crippen LogP contribution in [0.2, 0.25) is 0 Å². The molecule has 1 nitrogen and oxygen atoms in total. The minimum Gasteiger partial charge on any atom is -0.292 e. The van der Waals surface area contributed by atoms with E-state index in [9.17, 15) is 0 Å². The highest BCUT2D eigenvalue weighted by Gasteiger charge is 2.25. The molecule has 0 N–H and O–H groups in total. The molecule has 0 heterocycles. The summed E-state index contributed by atoms with van der Waals surface area (Å²) in [6.45, 7) is 2.00. The molecule has 4 rings (SSSR count). The van der Waals surface area contributed by atoms with Crippen LogP contribution in [-0.2, 0) is 25.9 Å². The molecule has 0 fully saturated rings. The number of aryl methyl sites for hydroxylation is 1. The number of rotatable bonds is 5. The van der Waals surface area contributed by atoms with Crippen LogP contribution in [0.4, 0.5) is 0 Å². The van der Waals surface area contributed by atoms with Crippen molar-refractivity contribution in [1.82, 2.24) is 4.90 Å². The molecule has 0 spiro atoms. The van der Waals surface area contributed by atoms with Crippen LogP contribution < -0.4 is 0 Å². The zero-order valence-corrected chi connectivity index (χ0v) is 16.5. The van der Waals surface area contributed by atoms with E-state index in [1.165, 1.54) is 39.6 Å². The molecule has 1 unspecified atom stereocenters. The lowest BCUT2D eigenvalue weighted by Crippen LogP contribution is -2.38. The van der Waals surface area contributed by atoms with Crippen molar-refractivity contribution in [3.05, 3.63) is 106 Å². The van der Waals surface area contributed by atoms with Crippen LogP contribution in [0.3, 0.4) is 0 Å². The fourth-order valence-corrected chi connectivity index (χ4v) is 4.56. The van der Waals surface area contributed by atoms with Crippen LogP contribution in [0.1, 0.15) is 28.7 Å². The zero-order valence-electron chi connectivity index (χ0n) is 14.9. The van der Waals surface area contributed by atoms with Gasteiger partial charge < -0.3 is 0 Å². The summed E-state index contributed by atoms with van der Waals surface area (Å²) < 4.78 is 1.26. The molecule has 0 saturated heterocycles. The summed E-state index contributed by atoms with van der Waals surface area (Å²) in [4.78, 5) is 2.66. The fraction of sp³-hybridized carbons (Fsp3) is 0.250. The van der Waals surface area contributed by atoms with Crippen molar-refractivity contribution in [3.8, 4) is 0 Å². The van der Waals surface area contributed by atoms with Gasteiger partial charge in [-0.3, -0.25) is 4.90 Å². The summed E-state index contributed by atoms with van der Waals surface area (Å²) in [5, 5.41) is 0. The summed E-state index contributed by atoms with van der Waals surface area (Å²) >= 11 is 3.77. The molecule has 3 aromatic carbocycles. The Morgan fingerprint density at radius 3 is 2.00 bits per heavy atom. The Morgan fingerprint density at radius 2 is 1.38 bits per heavy atom. The Hall–Kier alpha value is -1.90. The van der Waals surface area contributed by atoms with E-state index in [1.807, 2.05) is 0 Å².